The van der Waals surface area contributed by atoms with Crippen LogP contribution in [-0.2, 0) is 10.0 Å². The summed E-state index contributed by atoms with van der Waals surface area (Å²) in [6, 6.07) is 0.537. The maximum absolute atomic E-state index is 12.2. The van der Waals surface area contributed by atoms with Crippen molar-refractivity contribution in [2.24, 2.45) is 11.8 Å². The van der Waals surface area contributed by atoms with Crippen LogP contribution in [0.25, 0.3) is 0 Å². The van der Waals surface area contributed by atoms with Gasteiger partial charge in [-0.1, -0.05) is 12.8 Å². The molecule has 0 amide bonds. The van der Waals surface area contributed by atoms with Crippen molar-refractivity contribution in [1.29, 1.82) is 0 Å². The van der Waals surface area contributed by atoms with Gasteiger partial charge in [-0.05, 0) is 50.5 Å². The average molecular weight is 286 g/mol. The molecule has 0 spiro atoms. The van der Waals surface area contributed by atoms with Crippen molar-refractivity contribution in [2.45, 2.75) is 51.0 Å². The summed E-state index contributed by atoms with van der Waals surface area (Å²) in [4.78, 5) is 0. The second kappa shape index (κ2) is 5.70. The number of rotatable bonds is 7. The highest BCUT2D eigenvalue weighted by atomic mass is 32.2. The summed E-state index contributed by atoms with van der Waals surface area (Å²) in [6.45, 7) is 2.57. The fourth-order valence-electron chi connectivity index (χ4n) is 2.84. The molecule has 19 heavy (non-hydrogen) atoms. The molecular weight excluding hydrogens is 260 g/mol. The van der Waals surface area contributed by atoms with E-state index in [1.54, 1.807) is 4.31 Å². The molecular formula is C14H26N2O2S. The summed E-state index contributed by atoms with van der Waals surface area (Å²) in [5.41, 5.74) is 0. The van der Waals surface area contributed by atoms with Gasteiger partial charge in [-0.3, -0.25) is 0 Å². The summed E-state index contributed by atoms with van der Waals surface area (Å²) >= 11 is 0. The largest absolute Gasteiger partial charge is 0.314 e. The van der Waals surface area contributed by atoms with E-state index in [0.29, 0.717) is 17.7 Å². The van der Waals surface area contributed by atoms with E-state index in [-0.39, 0.29) is 0 Å². The monoisotopic (exact) mass is 286 g/mol. The Balaban J connectivity index is 1.39. The highest BCUT2D eigenvalue weighted by Crippen LogP contribution is 2.33. The molecule has 4 nitrogen and oxygen atoms in total. The predicted molar refractivity (Wildman–Crippen MR) is 76.4 cm³/mol. The molecule has 0 aromatic heterocycles. The Morgan fingerprint density at radius 1 is 0.947 bits per heavy atom. The summed E-state index contributed by atoms with van der Waals surface area (Å²) in [5, 5.41) is 3.59. The SMILES string of the molecule is O=S(=O)(CCC1CC1)N1CCC(NCC2CC2)CC1. The second-order valence-electron chi connectivity index (χ2n) is 6.57. The first kappa shape index (κ1) is 13.8. The van der Waals surface area contributed by atoms with Crippen LogP contribution < -0.4 is 5.32 Å². The number of hydrogen-bond acceptors (Lipinski definition) is 3. The first-order valence-corrected chi connectivity index (χ1v) is 9.45. The summed E-state index contributed by atoms with van der Waals surface area (Å²) < 4.78 is 26.1. The van der Waals surface area contributed by atoms with Crippen LogP contribution in [0.15, 0.2) is 0 Å². The Labute approximate surface area is 117 Å². The Kier molecular flexibility index (Phi) is 4.15. The van der Waals surface area contributed by atoms with Gasteiger partial charge in [0, 0.05) is 19.1 Å². The van der Waals surface area contributed by atoms with Crippen LogP contribution >= 0.6 is 0 Å². The Bertz CT molecular complexity index is 394. The van der Waals surface area contributed by atoms with Gasteiger partial charge in [-0.2, -0.15) is 0 Å². The molecule has 0 unspecified atom stereocenters. The lowest BCUT2D eigenvalue weighted by Gasteiger charge is -2.31. The van der Waals surface area contributed by atoms with E-state index in [1.165, 1.54) is 25.7 Å². The van der Waals surface area contributed by atoms with Crippen LogP contribution in [0.2, 0.25) is 0 Å². The number of hydrogen-bond donors (Lipinski definition) is 1. The van der Waals surface area contributed by atoms with Gasteiger partial charge in [0.2, 0.25) is 10.0 Å². The van der Waals surface area contributed by atoms with Crippen LogP contribution in [0.4, 0.5) is 0 Å². The number of sulfonamides is 1. The van der Waals surface area contributed by atoms with Gasteiger partial charge >= 0.3 is 0 Å². The molecule has 1 N–H and O–H groups in total. The van der Waals surface area contributed by atoms with Crippen molar-refractivity contribution in [3.8, 4) is 0 Å². The summed E-state index contributed by atoms with van der Waals surface area (Å²) in [5.74, 6) is 1.98. The van der Waals surface area contributed by atoms with Gasteiger partial charge in [0.05, 0.1) is 5.75 Å². The molecule has 0 aromatic carbocycles. The molecule has 2 saturated carbocycles. The van der Waals surface area contributed by atoms with Crippen molar-refractivity contribution < 1.29 is 8.42 Å². The van der Waals surface area contributed by atoms with Crippen molar-refractivity contribution in [3.63, 3.8) is 0 Å². The molecule has 1 saturated heterocycles. The van der Waals surface area contributed by atoms with Gasteiger partial charge in [0.1, 0.15) is 0 Å². The number of nitrogens with zero attached hydrogens (tertiary/aromatic N) is 1. The molecule has 0 atom stereocenters. The van der Waals surface area contributed by atoms with E-state index in [0.717, 1.165) is 44.8 Å². The van der Waals surface area contributed by atoms with Gasteiger partial charge in [0.15, 0.2) is 0 Å². The van der Waals surface area contributed by atoms with Gasteiger partial charge in [-0.25, -0.2) is 12.7 Å². The van der Waals surface area contributed by atoms with Crippen LogP contribution in [0.5, 0.6) is 0 Å². The lowest BCUT2D eigenvalue weighted by molar-refractivity contribution is 0.287. The quantitative estimate of drug-likeness (QED) is 0.773. The second-order valence-corrected chi connectivity index (χ2v) is 8.66. The van der Waals surface area contributed by atoms with Crippen LogP contribution in [0.3, 0.4) is 0 Å². The standard InChI is InChI=1S/C14H26N2O2S/c17-19(18,10-7-12-1-2-12)16-8-5-14(6-9-16)15-11-13-3-4-13/h12-15H,1-11H2. The fraction of sp³-hybridized carbons (Fsp3) is 1.00. The van der Waals surface area contributed by atoms with Crippen molar-refractivity contribution in [1.82, 2.24) is 9.62 Å². The Hall–Kier alpha value is -0.130. The predicted octanol–water partition coefficient (Wildman–Crippen LogP) is 1.58. The van der Waals surface area contributed by atoms with E-state index in [1.807, 2.05) is 0 Å². The van der Waals surface area contributed by atoms with Crippen molar-refractivity contribution >= 4 is 10.0 Å². The van der Waals surface area contributed by atoms with Gasteiger partial charge in [-0.15, -0.1) is 0 Å². The summed E-state index contributed by atoms with van der Waals surface area (Å²) in [6.07, 6.45) is 8.07. The lowest BCUT2D eigenvalue weighted by atomic mass is 10.1. The molecule has 3 aliphatic rings. The zero-order valence-electron chi connectivity index (χ0n) is 11.7. The Morgan fingerprint density at radius 2 is 1.58 bits per heavy atom. The first-order chi connectivity index (χ1) is 9.13. The van der Waals surface area contributed by atoms with Gasteiger partial charge in [0.25, 0.3) is 0 Å². The molecule has 1 aliphatic heterocycles. The summed E-state index contributed by atoms with van der Waals surface area (Å²) in [7, 11) is -2.98. The zero-order valence-corrected chi connectivity index (χ0v) is 12.5. The maximum atomic E-state index is 12.2. The molecule has 5 heteroatoms. The smallest absolute Gasteiger partial charge is 0.214 e. The minimum absolute atomic E-state index is 0.373. The topological polar surface area (TPSA) is 49.4 Å². The van der Waals surface area contributed by atoms with Crippen molar-refractivity contribution in [3.05, 3.63) is 0 Å². The number of piperidine rings is 1. The molecule has 0 radical (unpaired) electrons. The van der Waals surface area contributed by atoms with E-state index < -0.39 is 10.0 Å². The van der Waals surface area contributed by atoms with E-state index in [2.05, 4.69) is 5.32 Å². The number of nitrogens with one attached hydrogen (secondary N) is 1. The highest BCUT2D eigenvalue weighted by molar-refractivity contribution is 7.89. The molecule has 110 valence electrons. The van der Waals surface area contributed by atoms with Crippen LogP contribution in [0.1, 0.15) is 44.9 Å². The zero-order chi connectivity index (χ0) is 13.3. The third-order valence-corrected chi connectivity index (χ3v) is 6.62. The third-order valence-electron chi connectivity index (χ3n) is 4.72. The lowest BCUT2D eigenvalue weighted by Crippen LogP contribution is -2.46. The van der Waals surface area contributed by atoms with E-state index in [9.17, 15) is 8.42 Å². The highest BCUT2D eigenvalue weighted by Gasteiger charge is 2.31. The van der Waals surface area contributed by atoms with E-state index in [4.69, 9.17) is 0 Å². The Morgan fingerprint density at radius 3 is 2.16 bits per heavy atom. The normalized spacial score (nSPS) is 26.7. The molecule has 3 rings (SSSR count). The van der Waals surface area contributed by atoms with Crippen molar-refractivity contribution in [2.75, 3.05) is 25.4 Å². The molecule has 3 fully saturated rings. The average Bonchev–Trinajstić information content (AvgIpc) is 3.29. The minimum Gasteiger partial charge on any atom is -0.314 e. The molecule has 1 heterocycles. The van der Waals surface area contributed by atoms with Crippen LogP contribution in [-0.4, -0.2) is 44.2 Å². The molecule has 0 bridgehead atoms. The third kappa shape index (κ3) is 4.17. The maximum Gasteiger partial charge on any atom is 0.214 e. The van der Waals surface area contributed by atoms with Gasteiger partial charge < -0.3 is 5.32 Å². The van der Waals surface area contributed by atoms with Crippen LogP contribution in [0, 0.1) is 11.8 Å². The van der Waals surface area contributed by atoms with E-state index >= 15 is 0 Å². The fourth-order valence-corrected chi connectivity index (χ4v) is 4.50. The molecule has 0 aromatic rings. The minimum atomic E-state index is -2.98. The first-order valence-electron chi connectivity index (χ1n) is 7.85. The molecule has 2 aliphatic carbocycles.